The number of carbonyl (C=O) groups is 1. The number of amides is 1. The third kappa shape index (κ3) is 4.04. The molecule has 0 bridgehead atoms. The fraction of sp³-hybridized carbons (Fsp3) is 0.154. The summed E-state index contributed by atoms with van der Waals surface area (Å²) in [4.78, 5) is 19.5. The minimum absolute atomic E-state index is 0.0501. The molecule has 1 atom stereocenters. The highest BCUT2D eigenvalue weighted by molar-refractivity contribution is 6.42. The number of benzene rings is 1. The second-order valence-electron chi connectivity index (χ2n) is 4.29. The zero-order chi connectivity index (χ0) is 15.4. The van der Waals surface area contributed by atoms with E-state index in [2.05, 4.69) is 15.3 Å². The van der Waals surface area contributed by atoms with Crippen molar-refractivity contribution in [1.29, 1.82) is 0 Å². The fourth-order valence-electron chi connectivity index (χ4n) is 1.62. The maximum absolute atomic E-state index is 12.0. The van der Waals surface area contributed by atoms with Crippen LogP contribution >= 0.6 is 23.2 Å². The molecule has 1 amide bonds. The zero-order valence-corrected chi connectivity index (χ0v) is 12.3. The number of anilines is 1. The topological polar surface area (TPSA) is 101 Å². The van der Waals surface area contributed by atoms with E-state index in [1.165, 1.54) is 18.5 Å². The summed E-state index contributed by atoms with van der Waals surface area (Å²) in [6, 6.07) is 5.65. The van der Waals surface area contributed by atoms with E-state index < -0.39 is 11.9 Å². The number of hydrogen-bond acceptors (Lipinski definition) is 5. The summed E-state index contributed by atoms with van der Waals surface area (Å²) in [5, 5.41) is 11.8. The molecule has 0 fully saturated rings. The van der Waals surface area contributed by atoms with Crippen LogP contribution < -0.4 is 11.1 Å². The van der Waals surface area contributed by atoms with Gasteiger partial charge in [0.05, 0.1) is 6.04 Å². The fourth-order valence-corrected chi connectivity index (χ4v) is 1.90. The van der Waals surface area contributed by atoms with Gasteiger partial charge in [-0.15, -0.1) is 0 Å². The first-order valence-electron chi connectivity index (χ1n) is 5.97. The summed E-state index contributed by atoms with van der Waals surface area (Å²) in [7, 11) is 0. The van der Waals surface area contributed by atoms with E-state index in [0.717, 1.165) is 5.56 Å². The van der Waals surface area contributed by atoms with Crippen LogP contribution in [0.3, 0.4) is 0 Å². The van der Waals surface area contributed by atoms with Gasteiger partial charge in [0.2, 0.25) is 5.91 Å². The van der Waals surface area contributed by atoms with Crippen LogP contribution in [0.25, 0.3) is 0 Å². The van der Waals surface area contributed by atoms with Crippen molar-refractivity contribution < 1.29 is 9.90 Å². The smallest absolute Gasteiger partial charge is 0.242 e. The van der Waals surface area contributed by atoms with Gasteiger partial charge in [-0.05, 0) is 24.1 Å². The first-order valence-corrected chi connectivity index (χ1v) is 6.73. The summed E-state index contributed by atoms with van der Waals surface area (Å²) in [5.74, 6) is -0.179. The Morgan fingerprint density at radius 3 is 2.62 bits per heavy atom. The standard InChI is InChI=1S/C13H12Cl2N4O2/c14-10-11(15)17-6-18-12(10)19-13(21)9(16)5-7-1-3-8(20)4-2-7/h1-4,6,9,20H,5,16H2,(H,17,18,19,21)/t9-/m0/s1. The van der Waals surface area contributed by atoms with Crippen molar-refractivity contribution in [2.24, 2.45) is 5.73 Å². The summed E-state index contributed by atoms with van der Waals surface area (Å²) in [6.45, 7) is 0. The predicted octanol–water partition coefficient (Wildman–Crippen LogP) is 2.00. The Labute approximate surface area is 130 Å². The Hall–Kier alpha value is -1.89. The molecular weight excluding hydrogens is 315 g/mol. The molecule has 0 spiro atoms. The molecule has 0 unspecified atom stereocenters. The van der Waals surface area contributed by atoms with Crippen molar-refractivity contribution in [3.63, 3.8) is 0 Å². The summed E-state index contributed by atoms with van der Waals surface area (Å²) < 4.78 is 0. The molecule has 1 heterocycles. The van der Waals surface area contributed by atoms with Gasteiger partial charge in [0.25, 0.3) is 0 Å². The van der Waals surface area contributed by atoms with Crippen molar-refractivity contribution in [1.82, 2.24) is 9.97 Å². The predicted molar refractivity (Wildman–Crippen MR) is 80.5 cm³/mol. The van der Waals surface area contributed by atoms with Gasteiger partial charge in [-0.2, -0.15) is 0 Å². The molecule has 1 aromatic heterocycles. The molecule has 0 aliphatic rings. The third-order valence-corrected chi connectivity index (χ3v) is 3.46. The number of aromatic nitrogens is 2. The maximum atomic E-state index is 12.0. The molecule has 0 radical (unpaired) electrons. The molecule has 8 heteroatoms. The van der Waals surface area contributed by atoms with Crippen LogP contribution in [-0.4, -0.2) is 27.0 Å². The number of carbonyl (C=O) groups excluding carboxylic acids is 1. The van der Waals surface area contributed by atoms with Crippen LogP contribution in [0.2, 0.25) is 10.2 Å². The van der Waals surface area contributed by atoms with E-state index in [1.807, 2.05) is 0 Å². The largest absolute Gasteiger partial charge is 0.508 e. The number of aromatic hydroxyl groups is 1. The molecule has 4 N–H and O–H groups in total. The summed E-state index contributed by atoms with van der Waals surface area (Å²) in [6.07, 6.45) is 1.50. The molecular formula is C13H12Cl2N4O2. The Balaban J connectivity index is 2.02. The van der Waals surface area contributed by atoms with Crippen LogP contribution in [0.5, 0.6) is 5.75 Å². The first kappa shape index (κ1) is 15.5. The van der Waals surface area contributed by atoms with Crippen LogP contribution in [0.1, 0.15) is 5.56 Å². The van der Waals surface area contributed by atoms with Gasteiger partial charge >= 0.3 is 0 Å². The quantitative estimate of drug-likeness (QED) is 0.746. The number of nitrogens with two attached hydrogens (primary N) is 1. The summed E-state index contributed by atoms with van der Waals surface area (Å²) >= 11 is 11.6. The van der Waals surface area contributed by atoms with Crippen LogP contribution in [-0.2, 0) is 11.2 Å². The highest BCUT2D eigenvalue weighted by Gasteiger charge is 2.17. The number of phenolic OH excluding ortho intramolecular Hbond substituents is 1. The molecule has 2 rings (SSSR count). The van der Waals surface area contributed by atoms with Crippen LogP contribution in [0.4, 0.5) is 5.82 Å². The third-order valence-electron chi connectivity index (χ3n) is 2.72. The number of halogens is 2. The van der Waals surface area contributed by atoms with E-state index in [-0.39, 0.29) is 21.7 Å². The molecule has 0 saturated heterocycles. The minimum Gasteiger partial charge on any atom is -0.508 e. The molecule has 0 saturated carbocycles. The highest BCUT2D eigenvalue weighted by Crippen LogP contribution is 2.25. The Morgan fingerprint density at radius 1 is 1.29 bits per heavy atom. The zero-order valence-electron chi connectivity index (χ0n) is 10.8. The molecule has 1 aromatic carbocycles. The van der Waals surface area contributed by atoms with E-state index in [1.54, 1.807) is 12.1 Å². The number of phenols is 1. The Morgan fingerprint density at radius 2 is 1.95 bits per heavy atom. The second-order valence-corrected chi connectivity index (χ2v) is 5.03. The van der Waals surface area contributed by atoms with E-state index in [0.29, 0.717) is 6.42 Å². The van der Waals surface area contributed by atoms with E-state index in [9.17, 15) is 9.90 Å². The molecule has 2 aromatic rings. The van der Waals surface area contributed by atoms with Crippen molar-refractivity contribution in [3.05, 3.63) is 46.3 Å². The second kappa shape index (κ2) is 6.71. The van der Waals surface area contributed by atoms with E-state index in [4.69, 9.17) is 28.9 Å². The monoisotopic (exact) mass is 326 g/mol. The van der Waals surface area contributed by atoms with Crippen molar-refractivity contribution >= 4 is 34.9 Å². The molecule has 0 aliphatic carbocycles. The molecule has 21 heavy (non-hydrogen) atoms. The average Bonchev–Trinajstić information content (AvgIpc) is 2.46. The van der Waals surface area contributed by atoms with Gasteiger partial charge in [0, 0.05) is 0 Å². The first-order chi connectivity index (χ1) is 9.97. The molecule has 110 valence electrons. The number of hydrogen-bond donors (Lipinski definition) is 3. The minimum atomic E-state index is -0.792. The lowest BCUT2D eigenvalue weighted by molar-refractivity contribution is -0.117. The molecule has 6 nitrogen and oxygen atoms in total. The number of rotatable bonds is 4. The summed E-state index contributed by atoms with van der Waals surface area (Å²) in [5.41, 5.74) is 6.65. The van der Waals surface area contributed by atoms with Crippen molar-refractivity contribution in [2.45, 2.75) is 12.5 Å². The van der Waals surface area contributed by atoms with Crippen molar-refractivity contribution in [2.75, 3.05) is 5.32 Å². The van der Waals surface area contributed by atoms with Gasteiger partial charge in [0.1, 0.15) is 17.1 Å². The van der Waals surface area contributed by atoms with Gasteiger partial charge in [-0.1, -0.05) is 35.3 Å². The number of nitrogens with zero attached hydrogens (tertiary/aromatic N) is 2. The Kier molecular flexibility index (Phi) is 4.95. The average molecular weight is 327 g/mol. The maximum Gasteiger partial charge on any atom is 0.242 e. The van der Waals surface area contributed by atoms with E-state index >= 15 is 0 Å². The lowest BCUT2D eigenvalue weighted by atomic mass is 10.1. The van der Waals surface area contributed by atoms with Crippen LogP contribution in [0, 0.1) is 0 Å². The van der Waals surface area contributed by atoms with Gasteiger partial charge in [0.15, 0.2) is 11.0 Å². The van der Waals surface area contributed by atoms with Crippen molar-refractivity contribution in [3.8, 4) is 5.75 Å². The van der Waals surface area contributed by atoms with Gasteiger partial charge in [-0.3, -0.25) is 4.79 Å². The lowest BCUT2D eigenvalue weighted by Crippen LogP contribution is -2.37. The normalized spacial score (nSPS) is 12.0. The van der Waals surface area contributed by atoms with Gasteiger partial charge < -0.3 is 16.2 Å². The van der Waals surface area contributed by atoms with Crippen LogP contribution in [0.15, 0.2) is 30.6 Å². The lowest BCUT2D eigenvalue weighted by Gasteiger charge is -2.12. The number of nitrogens with one attached hydrogen (secondary N) is 1. The SMILES string of the molecule is N[C@@H](Cc1ccc(O)cc1)C(=O)Nc1ncnc(Cl)c1Cl. The highest BCUT2D eigenvalue weighted by atomic mass is 35.5. The Bertz CT molecular complexity index is 649. The van der Waals surface area contributed by atoms with Gasteiger partial charge in [-0.25, -0.2) is 9.97 Å². The molecule has 0 aliphatic heterocycles.